The SMILES string of the molecule is CN(C(=O)Nc1ccc2ccccc2c1)c1cccc(-c2ccc(CC(NCc3ccccc3C(=O)c3ccccc3)C(=O)O)cc2)c1. The summed E-state index contributed by atoms with van der Waals surface area (Å²) in [5.74, 6) is -1.07. The van der Waals surface area contributed by atoms with E-state index in [-0.39, 0.29) is 24.8 Å². The largest absolute Gasteiger partial charge is 0.480 e. The highest BCUT2D eigenvalue weighted by molar-refractivity contribution is 6.10. The van der Waals surface area contributed by atoms with Crippen molar-refractivity contribution in [2.75, 3.05) is 17.3 Å². The molecule has 6 rings (SSSR count). The first-order valence-corrected chi connectivity index (χ1v) is 15.7. The number of carbonyl (C=O) groups excluding carboxylic acids is 2. The molecule has 7 heteroatoms. The van der Waals surface area contributed by atoms with Crippen LogP contribution in [-0.2, 0) is 17.8 Å². The van der Waals surface area contributed by atoms with Crippen molar-refractivity contribution < 1.29 is 19.5 Å². The Morgan fingerprint density at radius 1 is 0.688 bits per heavy atom. The van der Waals surface area contributed by atoms with E-state index in [4.69, 9.17) is 0 Å². The van der Waals surface area contributed by atoms with E-state index in [9.17, 15) is 19.5 Å². The van der Waals surface area contributed by atoms with Crippen molar-refractivity contribution in [3.05, 3.63) is 168 Å². The molecule has 1 unspecified atom stereocenters. The molecular formula is C41H35N3O4. The average Bonchev–Trinajstić information content (AvgIpc) is 3.13. The summed E-state index contributed by atoms with van der Waals surface area (Å²) >= 11 is 0. The molecular weight excluding hydrogens is 598 g/mol. The molecule has 7 nitrogen and oxygen atoms in total. The summed E-state index contributed by atoms with van der Waals surface area (Å²) in [6, 6.07) is 44.5. The number of urea groups is 1. The molecule has 0 bridgehead atoms. The molecule has 0 radical (unpaired) electrons. The van der Waals surface area contributed by atoms with Crippen LogP contribution in [0.1, 0.15) is 27.0 Å². The summed E-state index contributed by atoms with van der Waals surface area (Å²) in [5, 5.41) is 18.3. The van der Waals surface area contributed by atoms with Crippen LogP contribution >= 0.6 is 0 Å². The maximum absolute atomic E-state index is 13.1. The lowest BCUT2D eigenvalue weighted by atomic mass is 9.97. The number of anilines is 2. The number of aliphatic carboxylic acids is 1. The molecule has 6 aromatic rings. The van der Waals surface area contributed by atoms with E-state index < -0.39 is 12.0 Å². The minimum Gasteiger partial charge on any atom is -0.480 e. The second-order valence-corrected chi connectivity index (χ2v) is 11.6. The van der Waals surface area contributed by atoms with Crippen LogP contribution in [0.2, 0.25) is 0 Å². The van der Waals surface area contributed by atoms with Gasteiger partial charge in [0, 0.05) is 36.1 Å². The molecule has 0 spiro atoms. The van der Waals surface area contributed by atoms with Gasteiger partial charge in [0.2, 0.25) is 0 Å². The van der Waals surface area contributed by atoms with Gasteiger partial charge in [0.05, 0.1) is 0 Å². The van der Waals surface area contributed by atoms with Crippen LogP contribution in [0.25, 0.3) is 21.9 Å². The molecule has 0 aliphatic rings. The highest BCUT2D eigenvalue weighted by atomic mass is 16.4. The van der Waals surface area contributed by atoms with Gasteiger partial charge in [-0.25, -0.2) is 4.79 Å². The van der Waals surface area contributed by atoms with E-state index in [2.05, 4.69) is 10.6 Å². The Labute approximate surface area is 279 Å². The van der Waals surface area contributed by atoms with Crippen molar-refractivity contribution in [1.29, 1.82) is 0 Å². The minimum absolute atomic E-state index is 0.101. The van der Waals surface area contributed by atoms with Crippen molar-refractivity contribution in [2.45, 2.75) is 19.0 Å². The smallest absolute Gasteiger partial charge is 0.326 e. The highest BCUT2D eigenvalue weighted by Crippen LogP contribution is 2.26. The maximum atomic E-state index is 13.1. The van der Waals surface area contributed by atoms with Crippen molar-refractivity contribution in [2.24, 2.45) is 0 Å². The van der Waals surface area contributed by atoms with Crippen LogP contribution in [-0.4, -0.2) is 36.0 Å². The van der Waals surface area contributed by atoms with Gasteiger partial charge in [0.25, 0.3) is 0 Å². The van der Waals surface area contributed by atoms with Crippen molar-refractivity contribution in [3.63, 3.8) is 0 Å². The van der Waals surface area contributed by atoms with Gasteiger partial charge in [0.1, 0.15) is 6.04 Å². The number of rotatable bonds is 11. The standard InChI is InChI=1S/C41H35N3O4/c1-44(41(48)43-35-23-22-29-10-5-6-13-32(29)25-35)36-16-9-15-33(26-36)30-20-18-28(19-21-30)24-38(40(46)47)42-27-34-14-7-8-17-37(34)39(45)31-11-3-2-4-12-31/h2-23,25-26,38,42H,24,27H2,1H3,(H,43,48)(H,46,47). The second-order valence-electron chi connectivity index (χ2n) is 11.6. The third kappa shape index (κ3) is 7.49. The van der Waals surface area contributed by atoms with Gasteiger partial charge in [-0.3, -0.25) is 19.8 Å². The zero-order valence-electron chi connectivity index (χ0n) is 26.5. The van der Waals surface area contributed by atoms with E-state index in [1.54, 1.807) is 30.1 Å². The molecule has 0 aliphatic heterocycles. The summed E-state index contributed by atoms with van der Waals surface area (Å²) in [5.41, 5.74) is 6.05. The van der Waals surface area contributed by atoms with Crippen LogP contribution in [0.3, 0.4) is 0 Å². The van der Waals surface area contributed by atoms with Gasteiger partial charge < -0.3 is 10.4 Å². The van der Waals surface area contributed by atoms with Crippen LogP contribution in [0.5, 0.6) is 0 Å². The van der Waals surface area contributed by atoms with E-state index in [1.807, 2.05) is 127 Å². The first-order chi connectivity index (χ1) is 23.4. The maximum Gasteiger partial charge on any atom is 0.326 e. The highest BCUT2D eigenvalue weighted by Gasteiger charge is 2.20. The lowest BCUT2D eigenvalue weighted by Gasteiger charge is -2.19. The third-order valence-corrected chi connectivity index (χ3v) is 8.40. The first kappa shape index (κ1) is 31.9. The normalized spacial score (nSPS) is 11.5. The Balaban J connectivity index is 1.10. The van der Waals surface area contributed by atoms with Crippen LogP contribution < -0.4 is 15.5 Å². The predicted molar refractivity (Wildman–Crippen MR) is 192 cm³/mol. The Morgan fingerprint density at radius 3 is 2.17 bits per heavy atom. The number of fused-ring (bicyclic) bond motifs is 1. The van der Waals surface area contributed by atoms with E-state index in [0.717, 1.165) is 44.4 Å². The molecule has 6 aromatic carbocycles. The summed E-state index contributed by atoms with van der Waals surface area (Å²) in [6.45, 7) is 0.235. The molecule has 48 heavy (non-hydrogen) atoms. The van der Waals surface area contributed by atoms with Crippen LogP contribution in [0, 0.1) is 0 Å². The summed E-state index contributed by atoms with van der Waals surface area (Å²) in [7, 11) is 1.73. The van der Waals surface area contributed by atoms with Crippen LogP contribution in [0.4, 0.5) is 16.2 Å². The molecule has 0 fully saturated rings. The lowest BCUT2D eigenvalue weighted by Crippen LogP contribution is -2.38. The Kier molecular flexibility index (Phi) is 9.69. The Bertz CT molecular complexity index is 2080. The van der Waals surface area contributed by atoms with Crippen LogP contribution in [0.15, 0.2) is 146 Å². The number of benzene rings is 6. The molecule has 3 N–H and O–H groups in total. The van der Waals surface area contributed by atoms with Gasteiger partial charge in [-0.05, 0) is 63.7 Å². The summed E-state index contributed by atoms with van der Waals surface area (Å²) in [6.07, 6.45) is 0.266. The summed E-state index contributed by atoms with van der Waals surface area (Å²) in [4.78, 5) is 40.0. The zero-order chi connectivity index (χ0) is 33.5. The van der Waals surface area contributed by atoms with Gasteiger partial charge in [0.15, 0.2) is 5.78 Å². The van der Waals surface area contributed by atoms with E-state index in [1.165, 1.54) is 0 Å². The number of hydrogen-bond donors (Lipinski definition) is 3. The molecule has 0 heterocycles. The fourth-order valence-corrected chi connectivity index (χ4v) is 5.68. The van der Waals surface area contributed by atoms with Crippen molar-refractivity contribution in [1.82, 2.24) is 5.32 Å². The van der Waals surface area contributed by atoms with E-state index in [0.29, 0.717) is 11.1 Å². The van der Waals surface area contributed by atoms with Gasteiger partial charge >= 0.3 is 12.0 Å². The number of carbonyl (C=O) groups is 3. The first-order valence-electron chi connectivity index (χ1n) is 15.7. The lowest BCUT2D eigenvalue weighted by molar-refractivity contribution is -0.139. The number of nitrogens with one attached hydrogen (secondary N) is 2. The van der Waals surface area contributed by atoms with Gasteiger partial charge in [-0.1, -0.05) is 121 Å². The number of carboxylic acid groups (broad SMARTS) is 1. The monoisotopic (exact) mass is 633 g/mol. The van der Waals surface area contributed by atoms with Crippen molar-refractivity contribution >= 4 is 39.9 Å². The molecule has 238 valence electrons. The fraction of sp³-hybridized carbons (Fsp3) is 0.0976. The van der Waals surface area contributed by atoms with Crippen molar-refractivity contribution in [3.8, 4) is 11.1 Å². The number of ketones is 1. The molecule has 2 amide bonds. The number of carboxylic acids is 1. The zero-order valence-corrected chi connectivity index (χ0v) is 26.5. The predicted octanol–water partition coefficient (Wildman–Crippen LogP) is 8.19. The topological polar surface area (TPSA) is 98.7 Å². The fourth-order valence-electron chi connectivity index (χ4n) is 5.68. The molecule has 0 saturated carbocycles. The number of nitrogens with zero attached hydrogens (tertiary/aromatic N) is 1. The second kappa shape index (κ2) is 14.6. The quantitative estimate of drug-likeness (QED) is 0.125. The number of hydrogen-bond acceptors (Lipinski definition) is 4. The Hall–Kier alpha value is -6.05. The summed E-state index contributed by atoms with van der Waals surface area (Å²) < 4.78 is 0. The van der Waals surface area contributed by atoms with Gasteiger partial charge in [-0.15, -0.1) is 0 Å². The minimum atomic E-state index is -0.969. The van der Waals surface area contributed by atoms with E-state index >= 15 is 0 Å². The molecule has 1 atom stereocenters. The third-order valence-electron chi connectivity index (χ3n) is 8.40. The molecule has 0 saturated heterocycles. The molecule has 0 aliphatic carbocycles. The number of amides is 2. The molecule has 0 aromatic heterocycles. The Morgan fingerprint density at radius 2 is 1.40 bits per heavy atom. The van der Waals surface area contributed by atoms with Gasteiger partial charge in [-0.2, -0.15) is 0 Å². The average molecular weight is 634 g/mol.